The van der Waals surface area contributed by atoms with Gasteiger partial charge in [-0.05, 0) is 133 Å². The summed E-state index contributed by atoms with van der Waals surface area (Å²) >= 11 is 2.68. The molecule has 1 aliphatic carbocycles. The third-order valence-electron chi connectivity index (χ3n) is 21.4. The van der Waals surface area contributed by atoms with Crippen molar-refractivity contribution in [1.29, 1.82) is 0 Å². The van der Waals surface area contributed by atoms with Crippen LogP contribution in [0.25, 0.3) is 52.9 Å². The third-order valence-corrected chi connectivity index (χ3v) is 23.5. The first-order valence-corrected chi connectivity index (χ1v) is 36.6. The number of likely N-dealkylation sites (tertiary alicyclic amines) is 2. The van der Waals surface area contributed by atoms with E-state index in [0.29, 0.717) is 116 Å². The van der Waals surface area contributed by atoms with Gasteiger partial charge in [0.25, 0.3) is 5.92 Å². The number of ether oxygens (including phenoxy) is 4. The number of carbonyl (C=O) groups excluding carboxylic acids is 4. The van der Waals surface area contributed by atoms with E-state index in [1.807, 2.05) is 82.5 Å². The Bertz CT molecular complexity index is 4250. The van der Waals surface area contributed by atoms with Crippen LogP contribution in [-0.2, 0) is 41.3 Å². The Labute approximate surface area is 584 Å². The van der Waals surface area contributed by atoms with E-state index in [-0.39, 0.29) is 84.6 Å². The Morgan fingerprint density at radius 3 is 2.28 bits per heavy atom. The summed E-state index contributed by atoms with van der Waals surface area (Å²) in [5, 5.41) is 22.7. The van der Waals surface area contributed by atoms with E-state index in [9.17, 15) is 24.3 Å². The van der Waals surface area contributed by atoms with Crippen LogP contribution in [0.1, 0.15) is 147 Å². The molecule has 5 aromatic heterocycles. The minimum atomic E-state index is -4.79. The van der Waals surface area contributed by atoms with Crippen molar-refractivity contribution in [2.24, 2.45) is 16.7 Å². The van der Waals surface area contributed by atoms with Crippen molar-refractivity contribution in [3.8, 4) is 27.7 Å². The molecule has 8 atom stereocenters. The maximum Gasteiger partial charge on any atom is 0.417 e. The Balaban J connectivity index is 0.645. The first-order valence-electron chi connectivity index (χ1n) is 34.9. The summed E-state index contributed by atoms with van der Waals surface area (Å²) in [5.41, 5.74) is 0.634. The molecule has 1 spiro atoms. The molecular formula is C72H87F5N12O9S2. The molecule has 7 aliphatic rings. The number of aryl methyl sites for hydroxylation is 2. The molecule has 2 aromatic carbocycles. The molecule has 1 saturated carbocycles. The second-order valence-electron chi connectivity index (χ2n) is 30.9. The van der Waals surface area contributed by atoms with Crippen LogP contribution >= 0.6 is 22.7 Å². The number of fused-ring (bicyclic) bond motifs is 6. The molecule has 14 rings (SSSR count). The molecule has 7 aromatic rings. The Kier molecular flexibility index (Phi) is 18.5. The van der Waals surface area contributed by atoms with Gasteiger partial charge in [0.1, 0.15) is 34.9 Å². The van der Waals surface area contributed by atoms with E-state index in [4.69, 9.17) is 33.9 Å². The fourth-order valence-corrected chi connectivity index (χ4v) is 18.0. The van der Waals surface area contributed by atoms with Crippen LogP contribution in [0.2, 0.25) is 0 Å². The molecule has 7 fully saturated rings. The van der Waals surface area contributed by atoms with E-state index in [1.54, 1.807) is 32.5 Å². The zero-order valence-corrected chi connectivity index (χ0v) is 59.3. The summed E-state index contributed by atoms with van der Waals surface area (Å²) in [7, 11) is 0. The molecule has 100 heavy (non-hydrogen) atoms. The average Bonchev–Trinajstić information content (AvgIpc) is 1.56. The van der Waals surface area contributed by atoms with Gasteiger partial charge in [0.2, 0.25) is 17.7 Å². The summed E-state index contributed by atoms with van der Waals surface area (Å²) in [4.78, 5) is 83.5. The smallest absolute Gasteiger partial charge is 0.417 e. The lowest BCUT2D eigenvalue weighted by Crippen LogP contribution is -2.58. The van der Waals surface area contributed by atoms with E-state index in [0.717, 1.165) is 45.9 Å². The zero-order valence-electron chi connectivity index (χ0n) is 57.7. The number of carbonyl (C=O) groups is 4. The number of halogens is 5. The number of thiazole rings is 1. The number of amides is 4. The monoisotopic (exact) mass is 1420 g/mol. The van der Waals surface area contributed by atoms with Crippen molar-refractivity contribution in [3.05, 3.63) is 76.7 Å². The van der Waals surface area contributed by atoms with Crippen molar-refractivity contribution in [3.63, 3.8) is 0 Å². The van der Waals surface area contributed by atoms with Gasteiger partial charge in [0.05, 0.1) is 84.9 Å². The van der Waals surface area contributed by atoms with Crippen LogP contribution in [0.3, 0.4) is 0 Å². The average molecular weight is 1420 g/mol. The van der Waals surface area contributed by atoms with Crippen molar-refractivity contribution in [1.82, 2.24) is 55.0 Å². The molecule has 0 radical (unpaired) electrons. The number of aromatic nitrogens is 6. The number of thiophene rings is 1. The molecule has 3 N–H and O–H groups in total. The zero-order chi connectivity index (χ0) is 70.6. The van der Waals surface area contributed by atoms with Gasteiger partial charge >= 0.3 is 18.3 Å². The minimum Gasteiger partial charge on any atom is -0.462 e. The highest BCUT2D eigenvalue weighted by atomic mass is 32.1. The van der Waals surface area contributed by atoms with Gasteiger partial charge in [-0.15, -0.1) is 22.7 Å². The van der Waals surface area contributed by atoms with E-state index >= 15 is 22.0 Å². The standard InChI is InChI=1S/C72H87F5N12O9S2/c1-40-27-50-49(31-81-89(50)53-11-9-10-26-95-53)54(56(40)72(75,76)77)57-59-48(19-23-78-57)55-61(86-32-45-16-17-46(33-86)88(45)66(94)98-68(6,7)8)83-65(84-63(55)100-59)96-38-69(36-71(69,73)74)37-85-24-21-70(22-25-85)20-18-43(35-97-70)28-52(91)82-60(67(3,4)5)64(93)87-34-47(90)29-51(87)62(92)79-30-42-12-14-44(15-13-42)58-41(2)80-39-99-58/h12-15,19,23,27,31,39,43,45-47,51,53,60,90H,9-11,16-18,20-22,24-26,28-30,32-38H2,1-8H3,(H,79,92)(H,82,91)/t43-,45?,46?,47+,51-,53?,60+,69+/m0/s1. The lowest BCUT2D eigenvalue weighted by Gasteiger charge is -2.46. The third kappa shape index (κ3) is 13.7. The van der Waals surface area contributed by atoms with E-state index in [1.165, 1.54) is 30.3 Å². The number of benzene rings is 2. The molecule has 3 unspecified atom stereocenters. The predicted molar refractivity (Wildman–Crippen MR) is 368 cm³/mol. The number of pyridine rings is 1. The Morgan fingerprint density at radius 2 is 1.64 bits per heavy atom. The molecule has 6 saturated heterocycles. The quantitative estimate of drug-likeness (QED) is 0.0764. The Morgan fingerprint density at radius 1 is 0.900 bits per heavy atom. The number of rotatable bonds is 16. The van der Waals surface area contributed by atoms with Gasteiger partial charge in [0, 0.05) is 94.2 Å². The normalized spacial score (nSPS) is 25.1. The first-order chi connectivity index (χ1) is 47.4. The van der Waals surface area contributed by atoms with Crippen LogP contribution in [0.4, 0.5) is 32.6 Å². The maximum atomic E-state index is 16.1. The summed E-state index contributed by atoms with van der Waals surface area (Å²) in [6, 6.07) is 8.45. The highest BCUT2D eigenvalue weighted by molar-refractivity contribution is 7.26. The Hall–Kier alpha value is -7.24. The van der Waals surface area contributed by atoms with Gasteiger partial charge < -0.3 is 49.4 Å². The van der Waals surface area contributed by atoms with Crippen LogP contribution in [0.15, 0.2) is 54.3 Å². The summed E-state index contributed by atoms with van der Waals surface area (Å²) in [5.74, 6) is -4.00. The summed E-state index contributed by atoms with van der Waals surface area (Å²) < 4.78 is 106. The highest BCUT2D eigenvalue weighted by Crippen LogP contribution is 2.61. The van der Waals surface area contributed by atoms with Crippen molar-refractivity contribution < 1.29 is 65.2 Å². The van der Waals surface area contributed by atoms with Crippen molar-refractivity contribution in [2.75, 3.05) is 64.0 Å². The highest BCUT2D eigenvalue weighted by Gasteiger charge is 2.72. The molecule has 2 bridgehead atoms. The van der Waals surface area contributed by atoms with Crippen LogP contribution in [0, 0.1) is 30.6 Å². The van der Waals surface area contributed by atoms with Crippen LogP contribution in [0.5, 0.6) is 6.01 Å². The number of hydrogen-bond donors (Lipinski definition) is 3. The largest absolute Gasteiger partial charge is 0.462 e. The van der Waals surface area contributed by atoms with Crippen LogP contribution < -0.4 is 20.3 Å². The van der Waals surface area contributed by atoms with Gasteiger partial charge in [-0.2, -0.15) is 28.2 Å². The number of nitrogens with one attached hydrogen (secondary N) is 2. The summed E-state index contributed by atoms with van der Waals surface area (Å²) in [6.45, 7) is 16.6. The SMILES string of the molecule is Cc1cc2c(cnn2C2CCCCO2)c(-c2nccc3c2sc2nc(OC[C@]4(CN5CCC6(CC[C@@H](CC(=O)N[C@H](C(=O)N7C[C@H](O)C[C@H]7C(=O)NCc7ccc(-c8scnc8C)cc7)C(C)(C)C)CO6)CC5)CC4(F)F)nc(N4CC5CCC(C4)N5C(=O)OC(C)(C)C)c23)c1C(F)(F)F. The molecule has 21 nitrogen and oxygen atoms in total. The molecule has 11 heterocycles. The van der Waals surface area contributed by atoms with Crippen LogP contribution in [-0.4, -0.2) is 180 Å². The number of nitrogens with zero attached hydrogens (tertiary/aromatic N) is 10. The predicted octanol–water partition coefficient (Wildman–Crippen LogP) is 12.2. The van der Waals surface area contributed by atoms with Gasteiger partial charge in [0.15, 0.2) is 6.23 Å². The number of anilines is 1. The van der Waals surface area contributed by atoms with Gasteiger partial charge in [-0.3, -0.25) is 24.3 Å². The van der Waals surface area contributed by atoms with E-state index in [2.05, 4.69) is 20.7 Å². The fourth-order valence-electron chi connectivity index (χ4n) is 16.0. The maximum absolute atomic E-state index is 16.1. The van der Waals surface area contributed by atoms with Gasteiger partial charge in [-0.1, -0.05) is 45.0 Å². The first kappa shape index (κ1) is 69.8. The molecule has 6 aliphatic heterocycles. The second kappa shape index (κ2) is 26.5. The second-order valence-corrected chi connectivity index (χ2v) is 32.7. The summed E-state index contributed by atoms with van der Waals surface area (Å²) in [6.07, 6.45) is 2.34. The number of aliphatic hydroxyl groups excluding tert-OH is 1. The molecular weight excluding hydrogens is 1340 g/mol. The van der Waals surface area contributed by atoms with E-state index < -0.39 is 95.0 Å². The number of aliphatic hydroxyl groups is 1. The lowest BCUT2D eigenvalue weighted by atomic mass is 9.80. The number of piperazine rings is 1. The fraction of sp³-hybridized carbons (Fsp3) is 0.597. The topological polar surface area (TPSA) is 232 Å². The minimum absolute atomic E-state index is 0.00631. The van der Waals surface area contributed by atoms with Crippen molar-refractivity contribution in [2.45, 2.75) is 199 Å². The molecule has 28 heteroatoms. The molecule has 4 amide bonds. The number of piperidine rings is 1. The number of alkyl halides is 5. The molecule has 536 valence electrons. The number of hydrogen-bond acceptors (Lipinski definition) is 18. The van der Waals surface area contributed by atoms with Gasteiger partial charge in [-0.25, -0.2) is 23.2 Å². The lowest BCUT2D eigenvalue weighted by molar-refractivity contribution is -0.146. The van der Waals surface area contributed by atoms with Crippen molar-refractivity contribution >= 4 is 83.5 Å². The number of β-amino-alcohol motifs (C(OH)–C–C–N with tert-alkyl or cyclic N) is 1.